The zero-order valence-electron chi connectivity index (χ0n) is 16.2. The molecule has 0 bridgehead atoms. The normalized spacial score (nSPS) is 17.6. The average molecular weight is 401 g/mol. The van der Waals surface area contributed by atoms with Gasteiger partial charge in [-0.3, -0.25) is 4.90 Å². The number of thiocarbonyl (C=S) groups is 1. The lowest BCUT2D eigenvalue weighted by Gasteiger charge is -2.26. The van der Waals surface area contributed by atoms with E-state index in [1.807, 2.05) is 12.1 Å². The van der Waals surface area contributed by atoms with Gasteiger partial charge in [0.25, 0.3) is 0 Å². The summed E-state index contributed by atoms with van der Waals surface area (Å²) >= 11 is 5.42. The Morgan fingerprint density at radius 2 is 1.86 bits per heavy atom. The third-order valence-corrected chi connectivity index (χ3v) is 5.57. The summed E-state index contributed by atoms with van der Waals surface area (Å²) in [6, 6.07) is 8.26. The molecule has 0 unspecified atom stereocenters. The van der Waals surface area contributed by atoms with Crippen molar-refractivity contribution in [3.63, 3.8) is 0 Å². The van der Waals surface area contributed by atoms with Crippen LogP contribution in [0.3, 0.4) is 0 Å². The van der Waals surface area contributed by atoms with E-state index in [9.17, 15) is 0 Å². The second-order valence-corrected chi connectivity index (χ2v) is 7.72. The molecule has 0 amide bonds. The fourth-order valence-corrected chi connectivity index (χ4v) is 3.95. The highest BCUT2D eigenvalue weighted by atomic mass is 32.1. The van der Waals surface area contributed by atoms with Crippen molar-refractivity contribution in [3.05, 3.63) is 30.1 Å². The molecule has 0 radical (unpaired) electrons. The quantitative estimate of drug-likeness (QED) is 0.747. The Hall–Kier alpha value is -2.03. The van der Waals surface area contributed by atoms with E-state index in [0.29, 0.717) is 5.11 Å². The van der Waals surface area contributed by atoms with Gasteiger partial charge in [0.15, 0.2) is 10.9 Å². The summed E-state index contributed by atoms with van der Waals surface area (Å²) < 4.78 is 7.64. The topological polar surface area (TPSA) is 67.2 Å². The summed E-state index contributed by atoms with van der Waals surface area (Å²) in [5.74, 6) is 2.08. The molecule has 28 heavy (non-hydrogen) atoms. The summed E-state index contributed by atoms with van der Waals surface area (Å²) in [5, 5.41) is 16.0. The van der Waals surface area contributed by atoms with Gasteiger partial charge in [0.05, 0.1) is 13.2 Å². The fraction of sp³-hybridized carbons (Fsp3) is 0.550. The van der Waals surface area contributed by atoms with Gasteiger partial charge < -0.3 is 19.9 Å². The first-order chi connectivity index (χ1) is 13.8. The van der Waals surface area contributed by atoms with Crippen LogP contribution in [-0.2, 0) is 17.7 Å². The Morgan fingerprint density at radius 1 is 1.04 bits per heavy atom. The number of anilines is 1. The van der Waals surface area contributed by atoms with Gasteiger partial charge in [0.1, 0.15) is 5.82 Å². The number of morpholine rings is 1. The van der Waals surface area contributed by atoms with Crippen molar-refractivity contribution in [1.82, 2.24) is 25.0 Å². The van der Waals surface area contributed by atoms with Crippen LogP contribution in [0.4, 0.5) is 5.69 Å². The highest BCUT2D eigenvalue weighted by Gasteiger charge is 2.16. The molecule has 2 N–H and O–H groups in total. The summed E-state index contributed by atoms with van der Waals surface area (Å²) in [6.45, 7) is 6.45. The largest absolute Gasteiger partial charge is 0.379 e. The predicted molar refractivity (Wildman–Crippen MR) is 114 cm³/mol. The molecule has 4 rings (SSSR count). The first kappa shape index (κ1) is 19.3. The highest BCUT2D eigenvalue weighted by molar-refractivity contribution is 7.80. The Kier molecular flexibility index (Phi) is 6.51. The van der Waals surface area contributed by atoms with Gasteiger partial charge in [-0.1, -0.05) is 6.42 Å². The molecule has 0 spiro atoms. The Balaban J connectivity index is 1.30. The number of nitrogens with one attached hydrogen (secondary N) is 2. The van der Waals surface area contributed by atoms with E-state index in [1.54, 1.807) is 0 Å². The van der Waals surface area contributed by atoms with Crippen LogP contribution in [0.2, 0.25) is 0 Å². The molecule has 0 saturated carbocycles. The minimum Gasteiger partial charge on any atom is -0.379 e. The summed E-state index contributed by atoms with van der Waals surface area (Å²) in [6.07, 6.45) is 4.69. The zero-order valence-corrected chi connectivity index (χ0v) is 17.0. The van der Waals surface area contributed by atoms with Crippen molar-refractivity contribution in [2.45, 2.75) is 32.2 Å². The first-order valence-corrected chi connectivity index (χ1v) is 10.6. The van der Waals surface area contributed by atoms with Crippen LogP contribution < -0.4 is 10.6 Å². The molecule has 1 fully saturated rings. The number of hydrogen-bond acceptors (Lipinski definition) is 5. The molecule has 8 heteroatoms. The number of hydrogen-bond donors (Lipinski definition) is 2. The molecule has 0 aliphatic carbocycles. The van der Waals surface area contributed by atoms with Crippen molar-refractivity contribution in [1.29, 1.82) is 0 Å². The predicted octanol–water partition coefficient (Wildman–Crippen LogP) is 2.29. The lowest BCUT2D eigenvalue weighted by atomic mass is 10.2. The van der Waals surface area contributed by atoms with Crippen LogP contribution in [-0.4, -0.2) is 64.2 Å². The van der Waals surface area contributed by atoms with Crippen LogP contribution in [0.15, 0.2) is 24.3 Å². The average Bonchev–Trinajstić information content (AvgIpc) is 2.97. The number of rotatable bonds is 5. The number of fused-ring (bicyclic) bond motifs is 1. The number of aryl methyl sites for hydroxylation is 1. The van der Waals surface area contributed by atoms with E-state index in [-0.39, 0.29) is 0 Å². The zero-order chi connectivity index (χ0) is 19.2. The number of ether oxygens (including phenoxy) is 1. The van der Waals surface area contributed by atoms with Crippen molar-refractivity contribution >= 4 is 23.0 Å². The maximum absolute atomic E-state index is 5.42. The van der Waals surface area contributed by atoms with Crippen LogP contribution in [0.5, 0.6) is 0 Å². The molecule has 150 valence electrons. The van der Waals surface area contributed by atoms with Crippen LogP contribution in [0.1, 0.15) is 25.1 Å². The minimum atomic E-state index is 0.650. The number of benzene rings is 1. The van der Waals surface area contributed by atoms with Gasteiger partial charge in [0, 0.05) is 50.4 Å². The van der Waals surface area contributed by atoms with E-state index in [2.05, 4.69) is 42.4 Å². The molecule has 2 aromatic rings. The second-order valence-electron chi connectivity index (χ2n) is 7.31. The van der Waals surface area contributed by atoms with E-state index in [4.69, 9.17) is 17.0 Å². The number of aromatic nitrogens is 3. The highest BCUT2D eigenvalue weighted by Crippen LogP contribution is 2.23. The molecule has 1 saturated heterocycles. The summed E-state index contributed by atoms with van der Waals surface area (Å²) in [4.78, 5) is 2.38. The van der Waals surface area contributed by atoms with Crippen molar-refractivity contribution in [3.8, 4) is 11.4 Å². The molecular weight excluding hydrogens is 372 g/mol. The molecule has 0 atom stereocenters. The molecular formula is C20H28N6OS. The Labute approximate surface area is 171 Å². The van der Waals surface area contributed by atoms with E-state index in [0.717, 1.165) is 75.3 Å². The van der Waals surface area contributed by atoms with Gasteiger partial charge in [-0.05, 0) is 49.3 Å². The standard InChI is InChI=1S/C20H28N6OS/c28-20(21-9-11-25-12-14-27-15-13-25)22-17-7-5-16(6-8-17)19-24-23-18-4-2-1-3-10-26(18)19/h5-8H,1-4,9-15H2,(H2,21,22,28). The lowest BCUT2D eigenvalue weighted by molar-refractivity contribution is 0.0389. The van der Waals surface area contributed by atoms with E-state index in [1.165, 1.54) is 19.3 Å². The SMILES string of the molecule is S=C(NCCN1CCOCC1)Nc1ccc(-c2nnc3n2CCCCC3)cc1. The molecule has 7 nitrogen and oxygen atoms in total. The van der Waals surface area contributed by atoms with E-state index < -0.39 is 0 Å². The smallest absolute Gasteiger partial charge is 0.170 e. The van der Waals surface area contributed by atoms with Crippen molar-refractivity contribution in [2.24, 2.45) is 0 Å². The van der Waals surface area contributed by atoms with E-state index >= 15 is 0 Å². The van der Waals surface area contributed by atoms with Crippen LogP contribution >= 0.6 is 12.2 Å². The minimum absolute atomic E-state index is 0.650. The molecule has 1 aromatic carbocycles. The molecule has 2 aliphatic heterocycles. The van der Waals surface area contributed by atoms with Gasteiger partial charge in [-0.2, -0.15) is 0 Å². The van der Waals surface area contributed by atoms with Crippen LogP contribution in [0, 0.1) is 0 Å². The second kappa shape index (κ2) is 9.45. The fourth-order valence-electron chi connectivity index (χ4n) is 3.73. The third kappa shape index (κ3) is 4.87. The summed E-state index contributed by atoms with van der Waals surface area (Å²) in [5.41, 5.74) is 2.07. The maximum Gasteiger partial charge on any atom is 0.170 e. The maximum atomic E-state index is 5.42. The summed E-state index contributed by atoms with van der Waals surface area (Å²) in [7, 11) is 0. The Morgan fingerprint density at radius 3 is 2.68 bits per heavy atom. The number of nitrogens with zero attached hydrogens (tertiary/aromatic N) is 4. The third-order valence-electron chi connectivity index (χ3n) is 5.33. The monoisotopic (exact) mass is 400 g/mol. The molecule has 2 aliphatic rings. The van der Waals surface area contributed by atoms with Crippen LogP contribution in [0.25, 0.3) is 11.4 Å². The van der Waals surface area contributed by atoms with Crippen molar-refractivity contribution in [2.75, 3.05) is 44.7 Å². The van der Waals surface area contributed by atoms with Gasteiger partial charge in [-0.15, -0.1) is 10.2 Å². The van der Waals surface area contributed by atoms with Gasteiger partial charge in [-0.25, -0.2) is 0 Å². The first-order valence-electron chi connectivity index (χ1n) is 10.2. The lowest BCUT2D eigenvalue weighted by Crippen LogP contribution is -2.42. The molecule has 1 aromatic heterocycles. The molecule has 3 heterocycles. The van der Waals surface area contributed by atoms with Crippen molar-refractivity contribution < 1.29 is 4.74 Å². The Bertz CT molecular complexity index is 784. The van der Waals surface area contributed by atoms with Gasteiger partial charge in [0.2, 0.25) is 0 Å². The van der Waals surface area contributed by atoms with Gasteiger partial charge >= 0.3 is 0 Å².